The Morgan fingerprint density at radius 2 is 1.83 bits per heavy atom. The lowest BCUT2D eigenvalue weighted by atomic mass is 9.93. The van der Waals surface area contributed by atoms with E-state index in [0.717, 1.165) is 11.1 Å². The van der Waals surface area contributed by atoms with Crippen molar-refractivity contribution < 1.29 is 18.8 Å². The van der Waals surface area contributed by atoms with E-state index in [2.05, 4.69) is 0 Å². The van der Waals surface area contributed by atoms with Crippen molar-refractivity contribution in [1.29, 1.82) is 0 Å². The quantitative estimate of drug-likeness (QED) is 0.492. The van der Waals surface area contributed by atoms with Crippen molar-refractivity contribution in [2.24, 2.45) is 5.92 Å². The van der Waals surface area contributed by atoms with E-state index in [9.17, 15) is 18.8 Å². The highest BCUT2D eigenvalue weighted by Crippen LogP contribution is 2.20. The number of amides is 1. The Balaban J connectivity index is 1.80. The number of likely N-dealkylation sites (tertiary alicyclic amines) is 1. The maximum Gasteiger partial charge on any atom is 0.290 e. The van der Waals surface area contributed by atoms with Crippen LogP contribution >= 0.6 is 0 Å². The predicted octanol–water partition coefficient (Wildman–Crippen LogP) is 2.26. The summed E-state index contributed by atoms with van der Waals surface area (Å²) >= 11 is 0. The molecule has 1 fully saturated rings. The zero-order valence-electron chi connectivity index (χ0n) is 13.2. The number of halogens is 1. The van der Waals surface area contributed by atoms with Gasteiger partial charge in [-0.25, -0.2) is 4.39 Å². The van der Waals surface area contributed by atoms with Crippen molar-refractivity contribution in [2.45, 2.75) is 6.42 Å². The van der Waals surface area contributed by atoms with Crippen molar-refractivity contribution >= 4 is 17.5 Å². The molecule has 1 aliphatic heterocycles. The lowest BCUT2D eigenvalue weighted by Gasteiger charge is -2.09. The van der Waals surface area contributed by atoms with Gasteiger partial charge in [-0.15, -0.1) is 0 Å². The fourth-order valence-electron chi connectivity index (χ4n) is 2.85. The number of carbonyl (C=O) groups is 3. The second-order valence-electron chi connectivity index (χ2n) is 5.97. The number of rotatable bonds is 4. The molecule has 5 heteroatoms. The Hall–Kier alpha value is -2.82. The molecule has 1 aliphatic rings. The molecule has 0 radical (unpaired) electrons. The maximum absolute atomic E-state index is 13.0. The molecule has 1 heterocycles. The standard InChI is InChI=1S/C19H16FNO3/c1-21-11-16(18(23)19(21)24)17(22)14-4-2-3-13(10-14)9-12-5-7-15(20)8-6-12/h2-8,10,16H,9,11H2,1H3. The Morgan fingerprint density at radius 3 is 2.46 bits per heavy atom. The van der Waals surface area contributed by atoms with Crippen LogP contribution in [-0.2, 0) is 16.0 Å². The van der Waals surface area contributed by atoms with Crippen LogP contribution in [0.5, 0.6) is 0 Å². The highest BCUT2D eigenvalue weighted by molar-refractivity contribution is 6.43. The van der Waals surface area contributed by atoms with Crippen molar-refractivity contribution in [3.05, 3.63) is 71.0 Å². The number of likely N-dealkylation sites (N-methyl/N-ethyl adjacent to an activating group) is 1. The first kappa shape index (κ1) is 16.1. The van der Waals surface area contributed by atoms with Crippen LogP contribution < -0.4 is 0 Å². The van der Waals surface area contributed by atoms with Gasteiger partial charge in [0.25, 0.3) is 5.91 Å². The smallest absolute Gasteiger partial charge is 0.290 e. The van der Waals surface area contributed by atoms with Gasteiger partial charge in [0, 0.05) is 19.2 Å². The van der Waals surface area contributed by atoms with Crippen molar-refractivity contribution in [3.8, 4) is 0 Å². The molecule has 1 atom stereocenters. The summed E-state index contributed by atoms with van der Waals surface area (Å²) in [6.45, 7) is 0.124. The SMILES string of the molecule is CN1CC(C(=O)c2cccc(Cc3ccc(F)cc3)c2)C(=O)C1=O. The number of hydrogen-bond acceptors (Lipinski definition) is 3. The lowest BCUT2D eigenvalue weighted by Crippen LogP contribution is -2.24. The number of ketones is 2. The normalized spacial score (nSPS) is 17.4. The first-order valence-corrected chi connectivity index (χ1v) is 7.62. The van der Waals surface area contributed by atoms with Gasteiger partial charge in [-0.1, -0.05) is 30.3 Å². The van der Waals surface area contributed by atoms with Crippen LogP contribution in [0.2, 0.25) is 0 Å². The highest BCUT2D eigenvalue weighted by Gasteiger charge is 2.41. The summed E-state index contributed by atoms with van der Waals surface area (Å²) in [7, 11) is 1.51. The lowest BCUT2D eigenvalue weighted by molar-refractivity contribution is -0.139. The number of nitrogens with zero attached hydrogens (tertiary/aromatic N) is 1. The molecule has 24 heavy (non-hydrogen) atoms. The molecule has 4 nitrogen and oxygen atoms in total. The van der Waals surface area contributed by atoms with Crippen LogP contribution in [0.15, 0.2) is 48.5 Å². The van der Waals surface area contributed by atoms with Crippen LogP contribution in [0.1, 0.15) is 21.5 Å². The number of carbonyl (C=O) groups excluding carboxylic acids is 3. The Bertz CT molecular complexity index is 814. The molecule has 1 amide bonds. The third-order valence-electron chi connectivity index (χ3n) is 4.18. The molecule has 2 aromatic carbocycles. The molecule has 2 aromatic rings. The molecule has 3 rings (SSSR count). The minimum absolute atomic E-state index is 0.124. The maximum atomic E-state index is 13.0. The molecule has 122 valence electrons. The van der Waals surface area contributed by atoms with Crippen LogP contribution in [0.3, 0.4) is 0 Å². The van der Waals surface area contributed by atoms with Gasteiger partial charge in [0.15, 0.2) is 5.78 Å². The zero-order chi connectivity index (χ0) is 17.3. The minimum atomic E-state index is -0.927. The average Bonchev–Trinajstić information content (AvgIpc) is 2.84. The second-order valence-corrected chi connectivity index (χ2v) is 5.97. The monoisotopic (exact) mass is 325 g/mol. The van der Waals surface area contributed by atoms with E-state index in [-0.39, 0.29) is 18.1 Å². The van der Waals surface area contributed by atoms with Crippen LogP contribution in [-0.4, -0.2) is 36.0 Å². The van der Waals surface area contributed by atoms with E-state index >= 15 is 0 Å². The molecule has 0 N–H and O–H groups in total. The van der Waals surface area contributed by atoms with E-state index in [1.54, 1.807) is 30.3 Å². The molecule has 0 aliphatic carbocycles. The van der Waals surface area contributed by atoms with Gasteiger partial charge in [0.2, 0.25) is 5.78 Å². The van der Waals surface area contributed by atoms with Crippen LogP contribution in [0, 0.1) is 11.7 Å². The number of hydrogen-bond donors (Lipinski definition) is 0. The van der Waals surface area contributed by atoms with Gasteiger partial charge in [0.1, 0.15) is 11.7 Å². The van der Waals surface area contributed by atoms with Crippen molar-refractivity contribution in [1.82, 2.24) is 4.90 Å². The summed E-state index contributed by atoms with van der Waals surface area (Å²) in [5.74, 6) is -2.82. The zero-order valence-corrected chi connectivity index (χ0v) is 13.2. The van der Waals surface area contributed by atoms with Crippen molar-refractivity contribution in [3.63, 3.8) is 0 Å². The van der Waals surface area contributed by atoms with Gasteiger partial charge in [-0.2, -0.15) is 0 Å². The third kappa shape index (κ3) is 3.11. The third-order valence-corrected chi connectivity index (χ3v) is 4.18. The van der Waals surface area contributed by atoms with E-state index in [4.69, 9.17) is 0 Å². The van der Waals surface area contributed by atoms with Gasteiger partial charge < -0.3 is 4.90 Å². The van der Waals surface area contributed by atoms with Crippen molar-refractivity contribution in [2.75, 3.05) is 13.6 Å². The summed E-state index contributed by atoms with van der Waals surface area (Å²) in [4.78, 5) is 37.3. The van der Waals surface area contributed by atoms with Crippen LogP contribution in [0.25, 0.3) is 0 Å². The first-order valence-electron chi connectivity index (χ1n) is 7.62. The topological polar surface area (TPSA) is 54.5 Å². The fraction of sp³-hybridized carbons (Fsp3) is 0.211. The first-order chi connectivity index (χ1) is 11.5. The summed E-state index contributed by atoms with van der Waals surface area (Å²) in [5.41, 5.74) is 2.22. The van der Waals surface area contributed by atoms with Gasteiger partial charge in [-0.05, 0) is 35.7 Å². The molecule has 0 saturated carbocycles. The molecule has 1 saturated heterocycles. The molecule has 0 aromatic heterocycles. The Morgan fingerprint density at radius 1 is 1.12 bits per heavy atom. The summed E-state index contributed by atoms with van der Waals surface area (Å²) < 4.78 is 13.0. The van der Waals surface area contributed by atoms with E-state index < -0.39 is 17.6 Å². The summed E-state index contributed by atoms with van der Waals surface area (Å²) in [6.07, 6.45) is 0.554. The largest absolute Gasteiger partial charge is 0.338 e. The van der Waals surface area contributed by atoms with E-state index in [1.165, 1.54) is 24.1 Å². The summed E-state index contributed by atoms with van der Waals surface area (Å²) in [6, 6.07) is 13.2. The number of benzene rings is 2. The second kappa shape index (κ2) is 6.35. The summed E-state index contributed by atoms with van der Waals surface area (Å²) in [5, 5.41) is 0. The predicted molar refractivity (Wildman–Crippen MR) is 86.1 cm³/mol. The minimum Gasteiger partial charge on any atom is -0.338 e. The van der Waals surface area contributed by atoms with Gasteiger partial charge in [0.05, 0.1) is 0 Å². The van der Waals surface area contributed by atoms with E-state index in [1.807, 2.05) is 6.07 Å². The Labute approximate surface area is 138 Å². The van der Waals surface area contributed by atoms with E-state index in [0.29, 0.717) is 12.0 Å². The molecule has 0 bridgehead atoms. The highest BCUT2D eigenvalue weighted by atomic mass is 19.1. The number of Topliss-reactive ketones (excluding diaryl/α,β-unsaturated/α-hetero) is 2. The molecule has 1 unspecified atom stereocenters. The molecular weight excluding hydrogens is 309 g/mol. The van der Waals surface area contributed by atoms with Gasteiger partial charge >= 0.3 is 0 Å². The average molecular weight is 325 g/mol. The van der Waals surface area contributed by atoms with Crippen LogP contribution in [0.4, 0.5) is 4.39 Å². The molecule has 0 spiro atoms. The fourth-order valence-corrected chi connectivity index (χ4v) is 2.85. The Kier molecular flexibility index (Phi) is 4.25. The molecular formula is C19H16FNO3. The van der Waals surface area contributed by atoms with Gasteiger partial charge in [-0.3, -0.25) is 14.4 Å².